The van der Waals surface area contributed by atoms with Crippen molar-refractivity contribution in [3.63, 3.8) is 0 Å². The third-order valence-electron chi connectivity index (χ3n) is 2.71. The number of nitrogens with two attached hydrogens (primary N) is 1. The molecular formula is C13H15ClIN3O2. The predicted molar refractivity (Wildman–Crippen MR) is 85.5 cm³/mol. The van der Waals surface area contributed by atoms with E-state index in [1.54, 1.807) is 13.0 Å². The first kappa shape index (κ1) is 15.7. The zero-order valence-corrected chi connectivity index (χ0v) is 14.1. The lowest BCUT2D eigenvalue weighted by Gasteiger charge is -2.19. The van der Waals surface area contributed by atoms with Gasteiger partial charge in [0.25, 0.3) is 5.89 Å². The molecule has 0 aliphatic heterocycles. The van der Waals surface area contributed by atoms with Crippen molar-refractivity contribution >= 4 is 34.2 Å². The van der Waals surface area contributed by atoms with E-state index in [0.29, 0.717) is 30.0 Å². The number of hydrogen-bond acceptors (Lipinski definition) is 5. The van der Waals surface area contributed by atoms with Crippen molar-refractivity contribution in [1.29, 1.82) is 0 Å². The Labute approximate surface area is 136 Å². The predicted octanol–water partition coefficient (Wildman–Crippen LogP) is 3.21. The van der Waals surface area contributed by atoms with Crippen LogP contribution in [-0.2, 0) is 10.3 Å². The van der Waals surface area contributed by atoms with Gasteiger partial charge < -0.3 is 15.0 Å². The first-order chi connectivity index (χ1) is 9.44. The van der Waals surface area contributed by atoms with Gasteiger partial charge in [-0.1, -0.05) is 16.8 Å². The fourth-order valence-electron chi connectivity index (χ4n) is 1.58. The lowest BCUT2D eigenvalue weighted by molar-refractivity contribution is 0.0962. The summed E-state index contributed by atoms with van der Waals surface area (Å²) >= 11 is 8.25. The summed E-state index contributed by atoms with van der Waals surface area (Å²) in [6.45, 7) is 4.63. The monoisotopic (exact) mass is 407 g/mol. The summed E-state index contributed by atoms with van der Waals surface area (Å²) in [7, 11) is 0. The van der Waals surface area contributed by atoms with Crippen LogP contribution in [0, 0.1) is 3.57 Å². The van der Waals surface area contributed by atoms with Gasteiger partial charge in [-0.25, -0.2) is 0 Å². The van der Waals surface area contributed by atoms with E-state index < -0.39 is 5.54 Å². The van der Waals surface area contributed by atoms with Crippen LogP contribution in [0.2, 0.25) is 5.02 Å². The summed E-state index contributed by atoms with van der Waals surface area (Å²) in [4.78, 5) is 4.33. The standard InChI is InChI=1S/C13H15ClIN3O2/c1-3-19-7-13(2,16)12-17-11(20-18-12)8-4-5-10(15)9(14)6-8/h4-6H,3,7,16H2,1-2H3. The van der Waals surface area contributed by atoms with Gasteiger partial charge in [-0.05, 0) is 54.6 Å². The van der Waals surface area contributed by atoms with Gasteiger partial charge in [0.2, 0.25) is 0 Å². The van der Waals surface area contributed by atoms with Crippen molar-refractivity contribution in [1.82, 2.24) is 10.1 Å². The zero-order valence-electron chi connectivity index (χ0n) is 11.2. The Balaban J connectivity index is 2.26. The lowest BCUT2D eigenvalue weighted by atomic mass is 10.1. The molecule has 5 nitrogen and oxygen atoms in total. The van der Waals surface area contributed by atoms with Gasteiger partial charge in [0.15, 0.2) is 5.82 Å². The zero-order chi connectivity index (χ0) is 14.8. The van der Waals surface area contributed by atoms with Crippen molar-refractivity contribution < 1.29 is 9.26 Å². The van der Waals surface area contributed by atoms with Crippen molar-refractivity contribution in [3.8, 4) is 11.5 Å². The topological polar surface area (TPSA) is 74.2 Å². The highest BCUT2D eigenvalue weighted by Gasteiger charge is 2.28. The van der Waals surface area contributed by atoms with Crippen molar-refractivity contribution in [2.24, 2.45) is 5.73 Å². The van der Waals surface area contributed by atoms with Crippen LogP contribution in [0.25, 0.3) is 11.5 Å². The average molecular weight is 408 g/mol. The van der Waals surface area contributed by atoms with Crippen molar-refractivity contribution in [2.75, 3.05) is 13.2 Å². The molecule has 0 spiro atoms. The highest BCUT2D eigenvalue weighted by Crippen LogP contribution is 2.26. The molecular weight excluding hydrogens is 393 g/mol. The molecule has 108 valence electrons. The number of halogens is 2. The molecule has 0 bridgehead atoms. The van der Waals surface area contributed by atoms with Gasteiger partial charge in [-0.15, -0.1) is 0 Å². The lowest BCUT2D eigenvalue weighted by Crippen LogP contribution is -2.39. The molecule has 1 atom stereocenters. The van der Waals surface area contributed by atoms with Crippen LogP contribution in [0.5, 0.6) is 0 Å². The van der Waals surface area contributed by atoms with E-state index in [0.717, 1.165) is 9.13 Å². The fourth-order valence-corrected chi connectivity index (χ4v) is 2.10. The number of hydrogen-bond donors (Lipinski definition) is 1. The van der Waals surface area contributed by atoms with Crippen LogP contribution in [0.3, 0.4) is 0 Å². The van der Waals surface area contributed by atoms with Gasteiger partial charge in [0.05, 0.1) is 11.6 Å². The molecule has 0 aliphatic carbocycles. The van der Waals surface area contributed by atoms with Crippen LogP contribution in [0.1, 0.15) is 19.7 Å². The number of aromatic nitrogens is 2. The molecule has 2 N–H and O–H groups in total. The van der Waals surface area contributed by atoms with E-state index in [2.05, 4.69) is 32.7 Å². The van der Waals surface area contributed by atoms with Crippen LogP contribution < -0.4 is 5.73 Å². The normalized spacial score (nSPS) is 14.2. The summed E-state index contributed by atoms with van der Waals surface area (Å²) in [6.07, 6.45) is 0. The van der Waals surface area contributed by atoms with Gasteiger partial charge in [0.1, 0.15) is 5.54 Å². The van der Waals surface area contributed by atoms with Crippen LogP contribution >= 0.6 is 34.2 Å². The molecule has 1 unspecified atom stereocenters. The smallest absolute Gasteiger partial charge is 0.258 e. The molecule has 7 heteroatoms. The molecule has 1 aromatic carbocycles. The molecule has 0 aliphatic rings. The van der Waals surface area contributed by atoms with Gasteiger partial charge in [0, 0.05) is 15.7 Å². The highest BCUT2D eigenvalue weighted by molar-refractivity contribution is 14.1. The second kappa shape index (κ2) is 6.38. The van der Waals surface area contributed by atoms with E-state index in [-0.39, 0.29) is 0 Å². The van der Waals surface area contributed by atoms with Gasteiger partial charge >= 0.3 is 0 Å². The second-order valence-corrected chi connectivity index (χ2v) is 6.18. The third-order valence-corrected chi connectivity index (χ3v) is 4.28. The SMILES string of the molecule is CCOCC(C)(N)c1noc(-c2ccc(I)c(Cl)c2)n1. The van der Waals surface area contributed by atoms with Crippen LogP contribution in [0.4, 0.5) is 0 Å². The Bertz CT molecular complexity index is 601. The van der Waals surface area contributed by atoms with Gasteiger partial charge in [-0.3, -0.25) is 0 Å². The molecule has 0 radical (unpaired) electrons. The third kappa shape index (κ3) is 3.49. The molecule has 2 aromatic rings. The van der Waals surface area contributed by atoms with Crippen LogP contribution in [-0.4, -0.2) is 23.4 Å². The minimum Gasteiger partial charge on any atom is -0.379 e. The maximum absolute atomic E-state index is 6.13. The molecule has 0 saturated heterocycles. The first-order valence-electron chi connectivity index (χ1n) is 6.10. The Kier molecular flexibility index (Phi) is 5.00. The minimum absolute atomic E-state index is 0.329. The number of ether oxygens (including phenoxy) is 1. The summed E-state index contributed by atoms with van der Waals surface area (Å²) in [5.41, 5.74) is 6.11. The number of rotatable bonds is 5. The Hall–Kier alpha value is -0.700. The maximum atomic E-state index is 6.13. The van der Waals surface area contributed by atoms with E-state index in [4.69, 9.17) is 26.6 Å². The van der Waals surface area contributed by atoms with Crippen molar-refractivity contribution in [3.05, 3.63) is 32.6 Å². The molecule has 0 fully saturated rings. The van der Waals surface area contributed by atoms with E-state index in [1.807, 2.05) is 19.1 Å². The minimum atomic E-state index is -0.787. The number of nitrogens with zero attached hydrogens (tertiary/aromatic N) is 2. The highest BCUT2D eigenvalue weighted by atomic mass is 127. The second-order valence-electron chi connectivity index (χ2n) is 4.61. The Morgan fingerprint density at radius 2 is 2.25 bits per heavy atom. The molecule has 1 heterocycles. The fraction of sp³-hybridized carbons (Fsp3) is 0.385. The molecule has 2 rings (SSSR count). The molecule has 0 saturated carbocycles. The Morgan fingerprint density at radius 3 is 2.90 bits per heavy atom. The molecule has 0 amide bonds. The van der Waals surface area contributed by atoms with E-state index in [1.165, 1.54) is 0 Å². The van der Waals surface area contributed by atoms with E-state index >= 15 is 0 Å². The van der Waals surface area contributed by atoms with Crippen LogP contribution in [0.15, 0.2) is 22.7 Å². The molecule has 20 heavy (non-hydrogen) atoms. The van der Waals surface area contributed by atoms with Crippen molar-refractivity contribution in [2.45, 2.75) is 19.4 Å². The number of benzene rings is 1. The largest absolute Gasteiger partial charge is 0.379 e. The first-order valence-corrected chi connectivity index (χ1v) is 7.56. The summed E-state index contributed by atoms with van der Waals surface area (Å²) in [5.74, 6) is 0.807. The average Bonchev–Trinajstić information content (AvgIpc) is 2.90. The summed E-state index contributed by atoms with van der Waals surface area (Å²) in [5, 5.41) is 4.58. The summed E-state index contributed by atoms with van der Waals surface area (Å²) in [6, 6.07) is 5.56. The Morgan fingerprint density at radius 1 is 1.50 bits per heavy atom. The van der Waals surface area contributed by atoms with Gasteiger partial charge in [-0.2, -0.15) is 4.98 Å². The molecule has 1 aromatic heterocycles. The quantitative estimate of drug-likeness (QED) is 0.771. The summed E-state index contributed by atoms with van der Waals surface area (Å²) < 4.78 is 11.6. The maximum Gasteiger partial charge on any atom is 0.258 e. The van der Waals surface area contributed by atoms with E-state index in [9.17, 15) is 0 Å².